The zero-order valence-electron chi connectivity index (χ0n) is 10.4. The third-order valence-electron chi connectivity index (χ3n) is 2.71. The van der Waals surface area contributed by atoms with Crippen molar-refractivity contribution in [2.45, 2.75) is 0 Å². The first-order chi connectivity index (χ1) is 9.06. The molecule has 0 aliphatic carbocycles. The predicted molar refractivity (Wildman–Crippen MR) is 66.6 cm³/mol. The maximum absolute atomic E-state index is 11.6. The molecule has 0 radical (unpaired) electrons. The Kier molecular flexibility index (Phi) is 3.28. The quantitative estimate of drug-likeness (QED) is 0.477. The van der Waals surface area contributed by atoms with Gasteiger partial charge in [-0.05, 0) is 12.1 Å². The fourth-order valence-corrected chi connectivity index (χ4v) is 1.83. The van der Waals surface area contributed by atoms with E-state index < -0.39 is 10.9 Å². The number of nitro groups is 1. The first kappa shape index (κ1) is 12.7. The van der Waals surface area contributed by atoms with Crippen molar-refractivity contribution in [3.8, 4) is 11.4 Å². The molecule has 0 atom stereocenters. The number of aromatic nitrogens is 2. The maximum Gasteiger partial charge on any atom is 0.354 e. The van der Waals surface area contributed by atoms with Crippen LogP contribution in [-0.2, 0) is 11.8 Å². The van der Waals surface area contributed by atoms with E-state index in [-0.39, 0.29) is 17.1 Å². The number of rotatable bonds is 3. The van der Waals surface area contributed by atoms with E-state index in [0.29, 0.717) is 5.69 Å². The second-order valence-corrected chi connectivity index (χ2v) is 3.79. The summed E-state index contributed by atoms with van der Waals surface area (Å²) in [5, 5.41) is 11.1. The second kappa shape index (κ2) is 4.89. The summed E-state index contributed by atoms with van der Waals surface area (Å²) in [5.74, 6) is -0.632. The normalized spacial score (nSPS) is 10.2. The smallest absolute Gasteiger partial charge is 0.354 e. The van der Waals surface area contributed by atoms with Crippen LogP contribution in [0.1, 0.15) is 10.5 Å². The van der Waals surface area contributed by atoms with E-state index >= 15 is 0 Å². The Morgan fingerprint density at radius 3 is 2.74 bits per heavy atom. The molecular formula is C12H11N3O4. The predicted octanol–water partition coefficient (Wildman–Crippen LogP) is 1.78. The Hall–Kier alpha value is -2.70. The molecule has 7 heteroatoms. The summed E-state index contributed by atoms with van der Waals surface area (Å²) in [7, 11) is 2.78. The lowest BCUT2D eigenvalue weighted by molar-refractivity contribution is -0.384. The number of pyridine rings is 1. The zero-order valence-corrected chi connectivity index (χ0v) is 10.4. The Bertz CT molecular complexity index is 634. The molecule has 0 bridgehead atoms. The minimum atomic E-state index is -0.632. The molecule has 0 unspecified atom stereocenters. The Labute approximate surface area is 108 Å². The monoisotopic (exact) mass is 261 g/mol. The molecule has 0 amide bonds. The zero-order chi connectivity index (χ0) is 14.0. The highest BCUT2D eigenvalue weighted by atomic mass is 16.6. The molecule has 0 saturated heterocycles. The fourth-order valence-electron chi connectivity index (χ4n) is 1.83. The van der Waals surface area contributed by atoms with Crippen molar-refractivity contribution >= 4 is 11.7 Å². The van der Waals surface area contributed by atoms with E-state index in [1.165, 1.54) is 23.9 Å². The number of hydrogen-bond acceptors (Lipinski definition) is 5. The Morgan fingerprint density at radius 2 is 2.21 bits per heavy atom. The van der Waals surface area contributed by atoms with Gasteiger partial charge >= 0.3 is 5.97 Å². The lowest BCUT2D eigenvalue weighted by Gasteiger charge is -2.04. The topological polar surface area (TPSA) is 87.3 Å². The van der Waals surface area contributed by atoms with Crippen LogP contribution in [0, 0.1) is 10.1 Å². The third-order valence-corrected chi connectivity index (χ3v) is 2.71. The summed E-state index contributed by atoms with van der Waals surface area (Å²) in [6, 6.07) is 6.26. The SMILES string of the molecule is COC(=O)c1cc([N+](=O)[O-])c(-c2ccccn2)n1C. The van der Waals surface area contributed by atoms with Gasteiger partial charge in [-0.2, -0.15) is 0 Å². The van der Waals surface area contributed by atoms with Crippen molar-refractivity contribution in [3.05, 3.63) is 46.3 Å². The molecule has 2 rings (SSSR count). The number of esters is 1. The Morgan fingerprint density at radius 1 is 1.47 bits per heavy atom. The van der Waals surface area contributed by atoms with Gasteiger partial charge in [0.2, 0.25) is 0 Å². The van der Waals surface area contributed by atoms with Crippen LogP contribution in [0.3, 0.4) is 0 Å². The lowest BCUT2D eigenvalue weighted by Crippen LogP contribution is -2.08. The van der Waals surface area contributed by atoms with Crippen LogP contribution in [0.2, 0.25) is 0 Å². The molecule has 0 aliphatic rings. The van der Waals surface area contributed by atoms with E-state index in [2.05, 4.69) is 9.72 Å². The van der Waals surface area contributed by atoms with Crippen LogP contribution in [-0.4, -0.2) is 27.6 Å². The average Bonchev–Trinajstić information content (AvgIpc) is 2.77. The summed E-state index contributed by atoms with van der Waals surface area (Å²) in [4.78, 5) is 26.2. The van der Waals surface area contributed by atoms with Crippen molar-refractivity contribution in [3.63, 3.8) is 0 Å². The molecular weight excluding hydrogens is 250 g/mol. The number of methoxy groups -OCH3 is 1. The van der Waals surface area contributed by atoms with Gasteiger partial charge in [-0.1, -0.05) is 6.07 Å². The number of carbonyl (C=O) groups excluding carboxylic acids is 1. The average molecular weight is 261 g/mol. The van der Waals surface area contributed by atoms with E-state index in [1.807, 2.05) is 0 Å². The molecule has 0 aliphatic heterocycles. The van der Waals surface area contributed by atoms with Gasteiger partial charge in [-0.15, -0.1) is 0 Å². The van der Waals surface area contributed by atoms with E-state index in [1.54, 1.807) is 25.2 Å². The van der Waals surface area contributed by atoms with Crippen molar-refractivity contribution in [2.24, 2.45) is 7.05 Å². The van der Waals surface area contributed by atoms with E-state index in [0.717, 1.165) is 0 Å². The van der Waals surface area contributed by atoms with Crippen LogP contribution in [0.4, 0.5) is 5.69 Å². The lowest BCUT2D eigenvalue weighted by atomic mass is 10.2. The maximum atomic E-state index is 11.6. The van der Waals surface area contributed by atoms with E-state index in [9.17, 15) is 14.9 Å². The molecule has 2 heterocycles. The van der Waals surface area contributed by atoms with Crippen LogP contribution >= 0.6 is 0 Å². The summed E-state index contributed by atoms with van der Waals surface area (Å²) < 4.78 is 6.01. The minimum absolute atomic E-state index is 0.106. The van der Waals surface area contributed by atoms with Crippen molar-refractivity contribution in [1.82, 2.24) is 9.55 Å². The van der Waals surface area contributed by atoms with Crippen LogP contribution in [0.25, 0.3) is 11.4 Å². The van der Waals surface area contributed by atoms with Gasteiger partial charge in [0.1, 0.15) is 11.4 Å². The second-order valence-electron chi connectivity index (χ2n) is 3.79. The Balaban J connectivity index is 2.68. The standard InChI is InChI=1S/C12H11N3O4/c1-14-10(12(16)19-2)7-9(15(17)18)11(14)8-5-3-4-6-13-8/h3-7H,1-2H3. The first-order valence-corrected chi connectivity index (χ1v) is 5.40. The first-order valence-electron chi connectivity index (χ1n) is 5.40. The number of nitrogens with zero attached hydrogens (tertiary/aromatic N) is 3. The highest BCUT2D eigenvalue weighted by Crippen LogP contribution is 2.31. The molecule has 2 aromatic heterocycles. The summed E-state index contributed by atoms with van der Waals surface area (Å²) >= 11 is 0. The highest BCUT2D eigenvalue weighted by molar-refractivity contribution is 5.91. The summed E-state index contributed by atoms with van der Waals surface area (Å²) in [6.07, 6.45) is 1.53. The molecule has 0 aromatic carbocycles. The van der Waals surface area contributed by atoms with E-state index in [4.69, 9.17) is 0 Å². The van der Waals surface area contributed by atoms with Gasteiger partial charge in [-0.3, -0.25) is 15.1 Å². The van der Waals surface area contributed by atoms with Gasteiger partial charge < -0.3 is 9.30 Å². The largest absolute Gasteiger partial charge is 0.464 e. The number of hydrogen-bond donors (Lipinski definition) is 0. The minimum Gasteiger partial charge on any atom is -0.464 e. The van der Waals surface area contributed by atoms with Crippen molar-refractivity contribution < 1.29 is 14.5 Å². The highest BCUT2D eigenvalue weighted by Gasteiger charge is 2.27. The summed E-state index contributed by atoms with van der Waals surface area (Å²) in [6.45, 7) is 0. The molecule has 7 nitrogen and oxygen atoms in total. The van der Waals surface area contributed by atoms with Gasteiger partial charge in [-0.25, -0.2) is 4.79 Å². The van der Waals surface area contributed by atoms with Crippen LogP contribution in [0.5, 0.6) is 0 Å². The van der Waals surface area contributed by atoms with Gasteiger partial charge in [0, 0.05) is 19.3 Å². The third kappa shape index (κ3) is 2.17. The molecule has 0 spiro atoms. The van der Waals surface area contributed by atoms with Gasteiger partial charge in [0.15, 0.2) is 0 Å². The molecule has 19 heavy (non-hydrogen) atoms. The van der Waals surface area contributed by atoms with Crippen LogP contribution in [0.15, 0.2) is 30.5 Å². The number of ether oxygens (including phenoxy) is 1. The molecule has 2 aromatic rings. The molecule has 0 fully saturated rings. The summed E-state index contributed by atoms with van der Waals surface area (Å²) in [5.41, 5.74) is 0.620. The fraction of sp³-hybridized carbons (Fsp3) is 0.167. The van der Waals surface area contributed by atoms with Crippen LogP contribution < -0.4 is 0 Å². The van der Waals surface area contributed by atoms with Crippen molar-refractivity contribution in [2.75, 3.05) is 7.11 Å². The molecule has 0 saturated carbocycles. The molecule has 98 valence electrons. The van der Waals surface area contributed by atoms with Gasteiger partial charge in [0.05, 0.1) is 17.7 Å². The van der Waals surface area contributed by atoms with Crippen molar-refractivity contribution in [1.29, 1.82) is 0 Å². The number of carbonyl (C=O) groups is 1. The molecule has 0 N–H and O–H groups in total. The van der Waals surface area contributed by atoms with Gasteiger partial charge in [0.25, 0.3) is 5.69 Å².